The van der Waals surface area contributed by atoms with Gasteiger partial charge in [-0.15, -0.1) is 12.4 Å². The summed E-state index contributed by atoms with van der Waals surface area (Å²) < 4.78 is 6.15. The molecular formula is C20H28Cl2N2O2. The first kappa shape index (κ1) is 19.8. The van der Waals surface area contributed by atoms with E-state index in [1.54, 1.807) is 6.07 Å². The van der Waals surface area contributed by atoms with E-state index in [0.717, 1.165) is 51.9 Å². The molecular weight excluding hydrogens is 371 g/mol. The Morgan fingerprint density at radius 1 is 1.19 bits per heavy atom. The van der Waals surface area contributed by atoms with Gasteiger partial charge in [0.05, 0.1) is 11.7 Å². The molecule has 144 valence electrons. The van der Waals surface area contributed by atoms with E-state index in [1.165, 1.54) is 19.3 Å². The molecule has 2 aliphatic heterocycles. The maximum Gasteiger partial charge on any atom is 0.257 e. The highest BCUT2D eigenvalue weighted by Gasteiger charge is 2.38. The Hall–Kier alpha value is -0.970. The van der Waals surface area contributed by atoms with Crippen LogP contribution >= 0.6 is 24.0 Å². The van der Waals surface area contributed by atoms with Crippen LogP contribution in [0.3, 0.4) is 0 Å². The number of likely N-dealkylation sites (tertiary alicyclic amines) is 1. The van der Waals surface area contributed by atoms with Gasteiger partial charge < -0.3 is 15.0 Å². The van der Waals surface area contributed by atoms with Crippen LogP contribution in [-0.4, -0.2) is 43.1 Å². The van der Waals surface area contributed by atoms with E-state index in [1.807, 2.05) is 17.0 Å². The zero-order chi connectivity index (χ0) is 17.3. The summed E-state index contributed by atoms with van der Waals surface area (Å²) in [5.41, 5.74) is 1.04. The second-order valence-corrected chi connectivity index (χ2v) is 8.32. The smallest absolute Gasteiger partial charge is 0.257 e. The first-order valence-corrected chi connectivity index (χ1v) is 9.99. The molecule has 1 amide bonds. The average Bonchev–Trinajstić information content (AvgIpc) is 3.29. The monoisotopic (exact) mass is 398 g/mol. The molecule has 3 fully saturated rings. The van der Waals surface area contributed by atoms with E-state index in [-0.39, 0.29) is 24.4 Å². The van der Waals surface area contributed by atoms with Crippen molar-refractivity contribution in [2.24, 2.45) is 5.41 Å². The lowest BCUT2D eigenvalue weighted by Gasteiger charge is -2.39. The van der Waals surface area contributed by atoms with Gasteiger partial charge in [-0.1, -0.05) is 11.6 Å². The van der Waals surface area contributed by atoms with E-state index in [0.29, 0.717) is 21.8 Å². The van der Waals surface area contributed by atoms with E-state index >= 15 is 0 Å². The van der Waals surface area contributed by atoms with Crippen molar-refractivity contribution < 1.29 is 9.53 Å². The summed E-state index contributed by atoms with van der Waals surface area (Å²) in [6.07, 6.45) is 8.23. The number of halogens is 2. The highest BCUT2D eigenvalue weighted by molar-refractivity contribution is 6.31. The van der Waals surface area contributed by atoms with Gasteiger partial charge in [0.2, 0.25) is 0 Å². The average molecular weight is 399 g/mol. The molecule has 1 N–H and O–H groups in total. The highest BCUT2D eigenvalue weighted by Crippen LogP contribution is 2.38. The van der Waals surface area contributed by atoms with Crippen LogP contribution in [0.4, 0.5) is 0 Å². The van der Waals surface area contributed by atoms with Crippen molar-refractivity contribution in [2.75, 3.05) is 26.2 Å². The number of carbonyl (C=O) groups excluding carboxylic acids is 1. The number of piperidine rings is 1. The molecule has 0 atom stereocenters. The maximum atomic E-state index is 13.1. The summed E-state index contributed by atoms with van der Waals surface area (Å²) in [7, 11) is 0. The predicted octanol–water partition coefficient (Wildman–Crippen LogP) is 4.30. The third-order valence-electron chi connectivity index (χ3n) is 6.21. The molecule has 1 saturated carbocycles. The molecule has 4 nitrogen and oxygen atoms in total. The standard InChI is InChI=1S/C20H27ClN2O2.ClH/c21-15-5-6-18(25-16-3-1-2-4-16)17(13-15)19(24)23-11-8-20(9-12-23)7-10-22-14-20;/h5-6,13,16,22H,1-4,7-12,14H2;1H. The van der Waals surface area contributed by atoms with Gasteiger partial charge in [-0.2, -0.15) is 0 Å². The van der Waals surface area contributed by atoms with Crippen molar-refractivity contribution in [3.63, 3.8) is 0 Å². The molecule has 2 saturated heterocycles. The predicted molar refractivity (Wildman–Crippen MR) is 107 cm³/mol. The van der Waals surface area contributed by atoms with Crippen LogP contribution in [0.15, 0.2) is 18.2 Å². The first-order chi connectivity index (χ1) is 12.2. The molecule has 0 unspecified atom stereocenters. The summed E-state index contributed by atoms with van der Waals surface area (Å²) in [5.74, 6) is 0.764. The van der Waals surface area contributed by atoms with Gasteiger partial charge in [-0.05, 0) is 75.1 Å². The first-order valence-electron chi connectivity index (χ1n) is 9.61. The number of ether oxygens (including phenoxy) is 1. The highest BCUT2D eigenvalue weighted by atomic mass is 35.5. The zero-order valence-electron chi connectivity index (χ0n) is 15.1. The number of carbonyl (C=O) groups is 1. The summed E-state index contributed by atoms with van der Waals surface area (Å²) in [6, 6.07) is 5.45. The third-order valence-corrected chi connectivity index (χ3v) is 6.45. The molecule has 1 aliphatic carbocycles. The van der Waals surface area contributed by atoms with Crippen LogP contribution in [0, 0.1) is 5.41 Å². The number of nitrogens with zero attached hydrogens (tertiary/aromatic N) is 1. The minimum absolute atomic E-state index is 0. The quantitative estimate of drug-likeness (QED) is 0.824. The number of nitrogens with one attached hydrogen (secondary N) is 1. The fourth-order valence-corrected chi connectivity index (χ4v) is 4.71. The number of amides is 1. The SMILES string of the molecule is Cl.O=C(c1cc(Cl)ccc1OC1CCCC1)N1CCC2(CCNC2)CC1. The Morgan fingerprint density at radius 2 is 1.92 bits per heavy atom. The van der Waals surface area contributed by atoms with Crippen molar-refractivity contribution in [2.45, 2.75) is 51.0 Å². The van der Waals surface area contributed by atoms with Crippen LogP contribution in [0.1, 0.15) is 55.3 Å². The third kappa shape index (κ3) is 4.13. The molecule has 1 aromatic rings. The Bertz CT molecular complexity index is 631. The second-order valence-electron chi connectivity index (χ2n) is 7.88. The van der Waals surface area contributed by atoms with Crippen molar-refractivity contribution >= 4 is 29.9 Å². The number of benzene rings is 1. The molecule has 4 rings (SSSR count). The maximum absolute atomic E-state index is 13.1. The molecule has 6 heteroatoms. The topological polar surface area (TPSA) is 41.6 Å². The van der Waals surface area contributed by atoms with Crippen molar-refractivity contribution in [3.8, 4) is 5.75 Å². The van der Waals surface area contributed by atoms with Crippen LogP contribution in [0.25, 0.3) is 0 Å². The Labute approximate surface area is 167 Å². The lowest BCUT2D eigenvalue weighted by Crippen LogP contribution is -2.44. The number of hydrogen-bond donors (Lipinski definition) is 1. The van der Waals surface area contributed by atoms with Gasteiger partial charge in [0, 0.05) is 24.7 Å². The molecule has 1 spiro atoms. The number of hydrogen-bond acceptors (Lipinski definition) is 3. The van der Waals surface area contributed by atoms with Crippen LogP contribution < -0.4 is 10.1 Å². The van der Waals surface area contributed by atoms with Crippen LogP contribution in [0.5, 0.6) is 5.75 Å². The second kappa shape index (κ2) is 8.37. The Balaban J connectivity index is 0.00000196. The van der Waals surface area contributed by atoms with Crippen LogP contribution in [-0.2, 0) is 0 Å². The normalized spacial score (nSPS) is 22.4. The number of rotatable bonds is 3. The Kier molecular flexibility index (Phi) is 6.37. The van der Waals surface area contributed by atoms with E-state index < -0.39 is 0 Å². The zero-order valence-corrected chi connectivity index (χ0v) is 16.7. The molecule has 3 aliphatic rings. The fourth-order valence-electron chi connectivity index (χ4n) is 4.53. The van der Waals surface area contributed by atoms with Gasteiger partial charge in [-0.25, -0.2) is 0 Å². The summed E-state index contributed by atoms with van der Waals surface area (Å²) >= 11 is 6.18. The molecule has 1 aromatic carbocycles. The van der Waals surface area contributed by atoms with Gasteiger partial charge in [0.1, 0.15) is 5.75 Å². The summed E-state index contributed by atoms with van der Waals surface area (Å²) in [4.78, 5) is 15.1. The molecule has 2 heterocycles. The van der Waals surface area contributed by atoms with Gasteiger partial charge in [0.15, 0.2) is 0 Å². The van der Waals surface area contributed by atoms with Gasteiger partial charge in [-0.3, -0.25) is 4.79 Å². The summed E-state index contributed by atoms with van der Waals surface area (Å²) in [5, 5.41) is 4.07. The minimum atomic E-state index is 0. The minimum Gasteiger partial charge on any atom is -0.490 e. The summed E-state index contributed by atoms with van der Waals surface area (Å²) in [6.45, 7) is 3.87. The largest absolute Gasteiger partial charge is 0.490 e. The fraction of sp³-hybridized carbons (Fsp3) is 0.650. The molecule has 0 aromatic heterocycles. The van der Waals surface area contributed by atoms with Crippen molar-refractivity contribution in [1.29, 1.82) is 0 Å². The van der Waals surface area contributed by atoms with Gasteiger partial charge >= 0.3 is 0 Å². The molecule has 0 bridgehead atoms. The lowest BCUT2D eigenvalue weighted by molar-refractivity contribution is 0.0601. The lowest BCUT2D eigenvalue weighted by atomic mass is 9.78. The van der Waals surface area contributed by atoms with E-state index in [4.69, 9.17) is 16.3 Å². The van der Waals surface area contributed by atoms with Crippen LogP contribution in [0.2, 0.25) is 5.02 Å². The van der Waals surface area contributed by atoms with Crippen molar-refractivity contribution in [1.82, 2.24) is 10.2 Å². The van der Waals surface area contributed by atoms with Gasteiger partial charge in [0.25, 0.3) is 5.91 Å². The van der Waals surface area contributed by atoms with E-state index in [2.05, 4.69) is 5.32 Å². The van der Waals surface area contributed by atoms with Crippen molar-refractivity contribution in [3.05, 3.63) is 28.8 Å². The molecule has 0 radical (unpaired) electrons. The molecule has 26 heavy (non-hydrogen) atoms. The Morgan fingerprint density at radius 3 is 2.58 bits per heavy atom. The van der Waals surface area contributed by atoms with E-state index in [9.17, 15) is 4.79 Å².